The first-order valence-electron chi connectivity index (χ1n) is 7.12. The summed E-state index contributed by atoms with van der Waals surface area (Å²) in [7, 11) is 0. The monoisotopic (exact) mass is 288 g/mol. The minimum atomic E-state index is -0.508. The zero-order chi connectivity index (χ0) is 15.0. The average Bonchev–Trinajstić information content (AvgIpc) is 2.45. The smallest absolute Gasteiger partial charge is 0.162 e. The first-order chi connectivity index (χ1) is 9.97. The molecule has 0 spiro atoms. The number of nitrogens with zero attached hydrogens (tertiary/aromatic N) is 1. The molecule has 3 rings (SSSR count). The van der Waals surface area contributed by atoms with Gasteiger partial charge in [0.25, 0.3) is 0 Å². The number of fused-ring (bicyclic) bond motifs is 2. The standard InChI is InChI=1S/C16H20N2O3/c1-10(19)16(2,3)18-15-12-9-14-13(20-6-7-21-14)8-11(12)4-5-17-15/h4-5,8-10,19H,6-7H2,1-3H3,(H,17,18). The summed E-state index contributed by atoms with van der Waals surface area (Å²) < 4.78 is 11.2. The average molecular weight is 288 g/mol. The van der Waals surface area contributed by atoms with Crippen LogP contribution < -0.4 is 14.8 Å². The molecule has 2 heterocycles. The van der Waals surface area contributed by atoms with Gasteiger partial charge in [0.1, 0.15) is 19.0 Å². The summed E-state index contributed by atoms with van der Waals surface area (Å²) in [5, 5.41) is 15.2. The minimum absolute atomic E-state index is 0.478. The van der Waals surface area contributed by atoms with Gasteiger partial charge in [0.05, 0.1) is 11.6 Å². The van der Waals surface area contributed by atoms with Crippen LogP contribution in [0.15, 0.2) is 24.4 Å². The Morgan fingerprint density at radius 2 is 1.90 bits per heavy atom. The summed E-state index contributed by atoms with van der Waals surface area (Å²) in [6, 6.07) is 5.84. The highest BCUT2D eigenvalue weighted by molar-refractivity contribution is 5.94. The Morgan fingerprint density at radius 3 is 2.57 bits per heavy atom. The molecule has 0 saturated heterocycles. The highest BCUT2D eigenvalue weighted by Gasteiger charge is 2.25. The number of hydrogen-bond donors (Lipinski definition) is 2. The molecule has 21 heavy (non-hydrogen) atoms. The summed E-state index contributed by atoms with van der Waals surface area (Å²) in [5.41, 5.74) is -0.478. The largest absolute Gasteiger partial charge is 0.486 e. The van der Waals surface area contributed by atoms with Crippen molar-refractivity contribution in [2.75, 3.05) is 18.5 Å². The molecule has 1 atom stereocenters. The van der Waals surface area contributed by atoms with Crippen molar-refractivity contribution in [2.45, 2.75) is 32.4 Å². The highest BCUT2D eigenvalue weighted by atomic mass is 16.6. The van der Waals surface area contributed by atoms with Crippen molar-refractivity contribution in [3.05, 3.63) is 24.4 Å². The normalized spacial score (nSPS) is 15.8. The van der Waals surface area contributed by atoms with Gasteiger partial charge >= 0.3 is 0 Å². The van der Waals surface area contributed by atoms with Gasteiger partial charge in [-0.3, -0.25) is 0 Å². The SMILES string of the molecule is CC(O)C(C)(C)Nc1nccc2cc3c(cc12)OCCO3. The Balaban J connectivity index is 2.07. The number of anilines is 1. The van der Waals surface area contributed by atoms with Crippen LogP contribution in [0.3, 0.4) is 0 Å². The molecule has 1 unspecified atom stereocenters. The Labute approximate surface area is 123 Å². The van der Waals surface area contributed by atoms with Gasteiger partial charge in [-0.15, -0.1) is 0 Å². The molecule has 2 aromatic rings. The van der Waals surface area contributed by atoms with Crippen molar-refractivity contribution in [3.63, 3.8) is 0 Å². The molecule has 0 bridgehead atoms. The first-order valence-corrected chi connectivity index (χ1v) is 7.12. The van der Waals surface area contributed by atoms with Crippen LogP contribution in [0.4, 0.5) is 5.82 Å². The van der Waals surface area contributed by atoms with Crippen molar-refractivity contribution < 1.29 is 14.6 Å². The fraction of sp³-hybridized carbons (Fsp3) is 0.438. The number of pyridine rings is 1. The number of ether oxygens (including phenoxy) is 2. The first kappa shape index (κ1) is 13.9. The van der Waals surface area contributed by atoms with Crippen LogP contribution in [-0.2, 0) is 0 Å². The topological polar surface area (TPSA) is 63.6 Å². The van der Waals surface area contributed by atoms with Crippen LogP contribution in [0.25, 0.3) is 10.8 Å². The van der Waals surface area contributed by atoms with E-state index in [2.05, 4.69) is 10.3 Å². The summed E-state index contributed by atoms with van der Waals surface area (Å²) in [6.07, 6.45) is 1.24. The molecule has 112 valence electrons. The summed E-state index contributed by atoms with van der Waals surface area (Å²) in [5.74, 6) is 2.23. The van der Waals surface area contributed by atoms with E-state index in [1.54, 1.807) is 13.1 Å². The van der Waals surface area contributed by atoms with E-state index >= 15 is 0 Å². The van der Waals surface area contributed by atoms with Crippen LogP contribution in [0.2, 0.25) is 0 Å². The maximum atomic E-state index is 9.87. The summed E-state index contributed by atoms with van der Waals surface area (Å²) >= 11 is 0. The fourth-order valence-electron chi connectivity index (χ4n) is 2.22. The molecule has 5 nitrogen and oxygen atoms in total. The molecule has 1 aromatic heterocycles. The third-order valence-corrected chi connectivity index (χ3v) is 3.91. The Morgan fingerprint density at radius 1 is 1.24 bits per heavy atom. The zero-order valence-corrected chi connectivity index (χ0v) is 12.5. The molecule has 1 aliphatic heterocycles. The number of aromatic nitrogens is 1. The van der Waals surface area contributed by atoms with Crippen LogP contribution in [0.1, 0.15) is 20.8 Å². The van der Waals surface area contributed by atoms with E-state index in [4.69, 9.17) is 9.47 Å². The lowest BCUT2D eigenvalue weighted by Crippen LogP contribution is -2.42. The molecule has 5 heteroatoms. The predicted octanol–water partition coefficient (Wildman–Crippen LogP) is 2.58. The number of aliphatic hydroxyl groups is 1. The Hall–Kier alpha value is -2.01. The van der Waals surface area contributed by atoms with E-state index in [1.807, 2.05) is 32.0 Å². The second kappa shape index (κ2) is 5.07. The quantitative estimate of drug-likeness (QED) is 0.909. The molecular weight excluding hydrogens is 268 g/mol. The number of hydrogen-bond acceptors (Lipinski definition) is 5. The van der Waals surface area contributed by atoms with Crippen LogP contribution in [0.5, 0.6) is 11.5 Å². The van der Waals surface area contributed by atoms with Crippen molar-refractivity contribution in [3.8, 4) is 11.5 Å². The van der Waals surface area contributed by atoms with Crippen LogP contribution in [0, 0.1) is 0 Å². The maximum absolute atomic E-state index is 9.87. The van der Waals surface area contributed by atoms with Gasteiger partial charge in [-0.1, -0.05) is 0 Å². The lowest BCUT2D eigenvalue weighted by Gasteiger charge is -2.30. The van der Waals surface area contributed by atoms with Gasteiger partial charge in [-0.05, 0) is 44.4 Å². The molecule has 2 N–H and O–H groups in total. The Kier molecular flexibility index (Phi) is 3.37. The fourth-order valence-corrected chi connectivity index (χ4v) is 2.22. The lowest BCUT2D eigenvalue weighted by molar-refractivity contribution is 0.133. The molecular formula is C16H20N2O3. The van der Waals surface area contributed by atoms with E-state index < -0.39 is 11.6 Å². The third-order valence-electron chi connectivity index (χ3n) is 3.91. The van der Waals surface area contributed by atoms with Crippen LogP contribution >= 0.6 is 0 Å². The van der Waals surface area contributed by atoms with Gasteiger partial charge < -0.3 is 19.9 Å². The molecule has 1 aromatic carbocycles. The van der Waals surface area contributed by atoms with Gasteiger partial charge in [0.2, 0.25) is 0 Å². The van der Waals surface area contributed by atoms with Crippen molar-refractivity contribution in [1.82, 2.24) is 4.98 Å². The van der Waals surface area contributed by atoms with Gasteiger partial charge in [-0.25, -0.2) is 4.98 Å². The third kappa shape index (κ3) is 2.61. The zero-order valence-electron chi connectivity index (χ0n) is 12.5. The Bertz CT molecular complexity index is 668. The number of nitrogens with one attached hydrogen (secondary N) is 1. The lowest BCUT2D eigenvalue weighted by atomic mass is 9.98. The summed E-state index contributed by atoms with van der Waals surface area (Å²) in [6.45, 7) is 6.77. The second-order valence-corrected chi connectivity index (χ2v) is 5.90. The van der Waals surface area contributed by atoms with Crippen LogP contribution in [-0.4, -0.2) is 34.9 Å². The van der Waals surface area contributed by atoms with Gasteiger partial charge in [0.15, 0.2) is 11.5 Å². The van der Waals surface area contributed by atoms with E-state index in [0.29, 0.717) is 13.2 Å². The molecule has 0 radical (unpaired) electrons. The molecule has 1 aliphatic rings. The molecule has 0 amide bonds. The molecule has 0 aliphatic carbocycles. The number of aliphatic hydroxyl groups excluding tert-OH is 1. The minimum Gasteiger partial charge on any atom is -0.486 e. The molecule has 0 fully saturated rings. The van der Waals surface area contributed by atoms with E-state index in [0.717, 1.165) is 28.1 Å². The second-order valence-electron chi connectivity index (χ2n) is 5.90. The van der Waals surface area contributed by atoms with Gasteiger partial charge in [-0.2, -0.15) is 0 Å². The number of rotatable bonds is 3. The van der Waals surface area contributed by atoms with Gasteiger partial charge in [0, 0.05) is 11.6 Å². The van der Waals surface area contributed by atoms with E-state index in [-0.39, 0.29) is 0 Å². The van der Waals surface area contributed by atoms with E-state index in [1.165, 1.54) is 0 Å². The predicted molar refractivity (Wildman–Crippen MR) is 82.1 cm³/mol. The summed E-state index contributed by atoms with van der Waals surface area (Å²) in [4.78, 5) is 4.40. The molecule has 0 saturated carbocycles. The van der Waals surface area contributed by atoms with E-state index in [9.17, 15) is 5.11 Å². The van der Waals surface area contributed by atoms with Crippen molar-refractivity contribution in [2.24, 2.45) is 0 Å². The van der Waals surface area contributed by atoms with Crippen molar-refractivity contribution >= 4 is 16.6 Å². The maximum Gasteiger partial charge on any atom is 0.162 e. The van der Waals surface area contributed by atoms with Crippen molar-refractivity contribution in [1.29, 1.82) is 0 Å². The highest BCUT2D eigenvalue weighted by Crippen LogP contribution is 2.37. The number of benzene rings is 1.